The molecule has 2 rings (SSSR count). The standard InChI is InChI=1S/C14H18N2O2/c1-12-2-4-13(5-3-12)6-7-14(17)15-16-8-10-18-11-9-16/h2-7H,8-11H2,1H3,(H,15,17). The van der Waals surface area contributed by atoms with Crippen molar-refractivity contribution in [3.8, 4) is 0 Å². The molecule has 1 aromatic rings. The first kappa shape index (κ1) is 12.8. The van der Waals surface area contributed by atoms with Crippen LogP contribution in [0.5, 0.6) is 0 Å². The fourth-order valence-electron chi connectivity index (χ4n) is 1.72. The zero-order valence-corrected chi connectivity index (χ0v) is 10.6. The summed E-state index contributed by atoms with van der Waals surface area (Å²) in [6.07, 6.45) is 3.37. The Morgan fingerprint density at radius 1 is 1.28 bits per heavy atom. The van der Waals surface area contributed by atoms with Crippen molar-refractivity contribution in [3.63, 3.8) is 0 Å². The van der Waals surface area contributed by atoms with Crippen LogP contribution < -0.4 is 5.43 Å². The predicted molar refractivity (Wildman–Crippen MR) is 70.7 cm³/mol. The Morgan fingerprint density at radius 3 is 2.61 bits per heavy atom. The second-order valence-corrected chi connectivity index (χ2v) is 4.32. The number of hydrazine groups is 1. The van der Waals surface area contributed by atoms with Gasteiger partial charge in [-0.25, -0.2) is 5.01 Å². The van der Waals surface area contributed by atoms with E-state index in [-0.39, 0.29) is 5.91 Å². The monoisotopic (exact) mass is 246 g/mol. The fraction of sp³-hybridized carbons (Fsp3) is 0.357. The van der Waals surface area contributed by atoms with Crippen LogP contribution in [0.15, 0.2) is 30.3 Å². The summed E-state index contributed by atoms with van der Waals surface area (Å²) < 4.78 is 5.21. The average molecular weight is 246 g/mol. The number of hydrogen-bond acceptors (Lipinski definition) is 3. The predicted octanol–water partition coefficient (Wildman–Crippen LogP) is 1.37. The van der Waals surface area contributed by atoms with Gasteiger partial charge in [-0.3, -0.25) is 10.2 Å². The summed E-state index contributed by atoms with van der Waals surface area (Å²) in [6, 6.07) is 8.04. The molecule has 1 heterocycles. The SMILES string of the molecule is Cc1ccc(C=CC(=O)NN2CCOCC2)cc1. The lowest BCUT2D eigenvalue weighted by Gasteiger charge is -2.26. The van der Waals surface area contributed by atoms with Gasteiger partial charge in [0.25, 0.3) is 5.91 Å². The van der Waals surface area contributed by atoms with E-state index in [1.165, 1.54) is 5.56 Å². The van der Waals surface area contributed by atoms with Crippen molar-refractivity contribution in [3.05, 3.63) is 41.5 Å². The maximum absolute atomic E-state index is 11.7. The van der Waals surface area contributed by atoms with E-state index < -0.39 is 0 Å². The molecule has 18 heavy (non-hydrogen) atoms. The van der Waals surface area contributed by atoms with E-state index in [4.69, 9.17) is 4.74 Å². The molecule has 96 valence electrons. The minimum absolute atomic E-state index is 0.0996. The maximum Gasteiger partial charge on any atom is 0.258 e. The molecule has 1 N–H and O–H groups in total. The van der Waals surface area contributed by atoms with E-state index in [0.29, 0.717) is 13.2 Å². The quantitative estimate of drug-likeness (QED) is 0.819. The van der Waals surface area contributed by atoms with E-state index in [9.17, 15) is 4.79 Å². The van der Waals surface area contributed by atoms with Gasteiger partial charge >= 0.3 is 0 Å². The summed E-state index contributed by atoms with van der Waals surface area (Å²) in [5, 5.41) is 1.88. The molecule has 1 aliphatic heterocycles. The summed E-state index contributed by atoms with van der Waals surface area (Å²) in [7, 11) is 0. The maximum atomic E-state index is 11.7. The molecule has 4 heteroatoms. The molecule has 1 amide bonds. The summed E-state index contributed by atoms with van der Waals surface area (Å²) >= 11 is 0. The van der Waals surface area contributed by atoms with E-state index in [1.54, 1.807) is 6.08 Å². The Morgan fingerprint density at radius 2 is 1.94 bits per heavy atom. The number of ether oxygens (including phenoxy) is 1. The lowest BCUT2D eigenvalue weighted by atomic mass is 10.1. The molecular formula is C14H18N2O2. The van der Waals surface area contributed by atoms with Crippen molar-refractivity contribution >= 4 is 12.0 Å². The number of rotatable bonds is 3. The summed E-state index contributed by atoms with van der Waals surface area (Å²) in [5.41, 5.74) is 5.07. The molecule has 1 fully saturated rings. The molecule has 0 unspecified atom stereocenters. The number of nitrogens with one attached hydrogen (secondary N) is 1. The number of carbonyl (C=O) groups excluding carboxylic acids is 1. The first-order valence-electron chi connectivity index (χ1n) is 6.12. The molecule has 4 nitrogen and oxygen atoms in total. The van der Waals surface area contributed by atoms with Crippen LogP contribution in [0.1, 0.15) is 11.1 Å². The third-order valence-corrected chi connectivity index (χ3v) is 2.78. The largest absolute Gasteiger partial charge is 0.379 e. The van der Waals surface area contributed by atoms with Crippen molar-refractivity contribution < 1.29 is 9.53 Å². The zero-order chi connectivity index (χ0) is 12.8. The van der Waals surface area contributed by atoms with Crippen LogP contribution in [-0.2, 0) is 9.53 Å². The number of nitrogens with zero attached hydrogens (tertiary/aromatic N) is 1. The minimum Gasteiger partial charge on any atom is -0.379 e. The molecule has 1 saturated heterocycles. The second kappa shape index (κ2) is 6.33. The van der Waals surface area contributed by atoms with Crippen LogP contribution in [0.4, 0.5) is 0 Å². The van der Waals surface area contributed by atoms with Gasteiger partial charge in [-0.2, -0.15) is 0 Å². The van der Waals surface area contributed by atoms with Crippen molar-refractivity contribution in [1.82, 2.24) is 10.4 Å². The van der Waals surface area contributed by atoms with Crippen molar-refractivity contribution in [2.45, 2.75) is 6.92 Å². The van der Waals surface area contributed by atoms with Gasteiger partial charge in [-0.1, -0.05) is 29.8 Å². The van der Waals surface area contributed by atoms with E-state index in [1.807, 2.05) is 42.3 Å². The Labute approximate surface area is 107 Å². The highest BCUT2D eigenvalue weighted by Crippen LogP contribution is 2.04. The molecule has 0 aliphatic carbocycles. The van der Waals surface area contributed by atoms with Crippen LogP contribution >= 0.6 is 0 Å². The van der Waals surface area contributed by atoms with Gasteiger partial charge in [0, 0.05) is 19.2 Å². The second-order valence-electron chi connectivity index (χ2n) is 4.32. The number of hydrogen-bond donors (Lipinski definition) is 1. The Hall–Kier alpha value is -1.65. The third kappa shape index (κ3) is 3.98. The summed E-state index contributed by atoms with van der Waals surface area (Å²) in [5.74, 6) is -0.0996. The Kier molecular flexibility index (Phi) is 4.50. The molecule has 0 radical (unpaired) electrons. The molecule has 0 atom stereocenters. The molecule has 1 aliphatic rings. The third-order valence-electron chi connectivity index (χ3n) is 2.78. The highest BCUT2D eigenvalue weighted by molar-refractivity contribution is 5.91. The average Bonchev–Trinajstić information content (AvgIpc) is 2.39. The number of benzene rings is 1. The molecule has 0 aromatic heterocycles. The van der Waals surface area contributed by atoms with E-state index >= 15 is 0 Å². The number of aryl methyl sites for hydroxylation is 1. The van der Waals surface area contributed by atoms with Gasteiger partial charge in [-0.15, -0.1) is 0 Å². The first-order chi connectivity index (χ1) is 8.74. The number of morpholine rings is 1. The molecular weight excluding hydrogens is 228 g/mol. The fourth-order valence-corrected chi connectivity index (χ4v) is 1.72. The smallest absolute Gasteiger partial charge is 0.258 e. The lowest BCUT2D eigenvalue weighted by Crippen LogP contribution is -2.47. The van der Waals surface area contributed by atoms with Crippen LogP contribution in [0.3, 0.4) is 0 Å². The van der Waals surface area contributed by atoms with Crippen molar-refractivity contribution in [2.24, 2.45) is 0 Å². The zero-order valence-electron chi connectivity index (χ0n) is 10.6. The van der Waals surface area contributed by atoms with E-state index in [0.717, 1.165) is 18.7 Å². The highest BCUT2D eigenvalue weighted by atomic mass is 16.5. The van der Waals surface area contributed by atoms with Gasteiger partial charge in [-0.05, 0) is 18.6 Å². The van der Waals surface area contributed by atoms with Crippen LogP contribution in [0.25, 0.3) is 6.08 Å². The number of carbonyl (C=O) groups is 1. The van der Waals surface area contributed by atoms with Gasteiger partial charge in [0.2, 0.25) is 0 Å². The van der Waals surface area contributed by atoms with Crippen molar-refractivity contribution in [1.29, 1.82) is 0 Å². The van der Waals surface area contributed by atoms with Crippen LogP contribution in [0, 0.1) is 6.92 Å². The van der Waals surface area contributed by atoms with Crippen LogP contribution in [-0.4, -0.2) is 37.2 Å². The number of amides is 1. The summed E-state index contributed by atoms with van der Waals surface area (Å²) in [6.45, 7) is 4.86. The van der Waals surface area contributed by atoms with Gasteiger partial charge in [0.1, 0.15) is 0 Å². The van der Waals surface area contributed by atoms with Gasteiger partial charge < -0.3 is 4.74 Å². The van der Waals surface area contributed by atoms with Gasteiger partial charge in [0.15, 0.2) is 0 Å². The van der Waals surface area contributed by atoms with Crippen molar-refractivity contribution in [2.75, 3.05) is 26.3 Å². The minimum atomic E-state index is -0.0996. The van der Waals surface area contributed by atoms with Crippen LogP contribution in [0.2, 0.25) is 0 Å². The molecule has 1 aromatic carbocycles. The lowest BCUT2D eigenvalue weighted by molar-refractivity contribution is -0.123. The molecule has 0 spiro atoms. The summed E-state index contributed by atoms with van der Waals surface area (Å²) in [4.78, 5) is 11.7. The highest BCUT2D eigenvalue weighted by Gasteiger charge is 2.10. The molecule has 0 saturated carbocycles. The topological polar surface area (TPSA) is 41.6 Å². The normalized spacial score (nSPS) is 16.9. The Balaban J connectivity index is 1.84. The van der Waals surface area contributed by atoms with Gasteiger partial charge in [0.05, 0.1) is 13.2 Å². The molecule has 0 bridgehead atoms. The van der Waals surface area contributed by atoms with E-state index in [2.05, 4.69) is 5.43 Å². The first-order valence-corrected chi connectivity index (χ1v) is 6.12. The Bertz CT molecular complexity index is 420.